The Morgan fingerprint density at radius 1 is 1.23 bits per heavy atom. The fourth-order valence-corrected chi connectivity index (χ4v) is 3.16. The van der Waals surface area contributed by atoms with E-state index in [2.05, 4.69) is 55.1 Å². The molecule has 0 aromatic rings. The minimum absolute atomic E-state index is 0. The van der Waals surface area contributed by atoms with Crippen molar-refractivity contribution in [2.24, 2.45) is 10.9 Å². The van der Waals surface area contributed by atoms with Crippen LogP contribution in [0.1, 0.15) is 41.0 Å². The number of halogens is 1. The maximum Gasteiger partial charge on any atom is 0.191 e. The van der Waals surface area contributed by atoms with E-state index in [0.717, 1.165) is 77.9 Å². The average Bonchev–Trinajstić information content (AvgIpc) is 2.59. The molecule has 6 nitrogen and oxygen atoms in total. The van der Waals surface area contributed by atoms with E-state index in [4.69, 9.17) is 9.73 Å². The molecule has 156 valence electrons. The molecular formula is C19H42IN5O. The highest BCUT2D eigenvalue weighted by molar-refractivity contribution is 14.0. The van der Waals surface area contributed by atoms with Gasteiger partial charge < -0.3 is 20.3 Å². The molecule has 0 aromatic carbocycles. The van der Waals surface area contributed by atoms with Crippen molar-refractivity contribution in [2.75, 3.05) is 65.5 Å². The predicted molar refractivity (Wildman–Crippen MR) is 123 cm³/mol. The quantitative estimate of drug-likeness (QED) is 0.204. The van der Waals surface area contributed by atoms with Crippen molar-refractivity contribution in [3.05, 3.63) is 0 Å². The lowest BCUT2D eigenvalue weighted by molar-refractivity contribution is -0.0261. The summed E-state index contributed by atoms with van der Waals surface area (Å²) in [5.41, 5.74) is 0. The van der Waals surface area contributed by atoms with Crippen LogP contribution in [0.15, 0.2) is 4.99 Å². The predicted octanol–water partition coefficient (Wildman–Crippen LogP) is 2.25. The molecule has 1 rings (SSSR count). The first-order chi connectivity index (χ1) is 12.1. The van der Waals surface area contributed by atoms with Gasteiger partial charge >= 0.3 is 0 Å². The molecule has 1 unspecified atom stereocenters. The number of hydrogen-bond donors (Lipinski definition) is 2. The molecule has 0 saturated carbocycles. The molecule has 7 heteroatoms. The number of morpholine rings is 1. The molecule has 0 bridgehead atoms. The Hall–Kier alpha value is -0.120. The molecule has 0 amide bonds. The first-order valence-electron chi connectivity index (χ1n) is 10.2. The van der Waals surface area contributed by atoms with Crippen LogP contribution in [0.5, 0.6) is 0 Å². The Morgan fingerprint density at radius 2 is 1.96 bits per heavy atom. The molecule has 1 atom stereocenters. The summed E-state index contributed by atoms with van der Waals surface area (Å²) in [5, 5.41) is 6.79. The van der Waals surface area contributed by atoms with Gasteiger partial charge in [-0.15, -0.1) is 24.0 Å². The van der Waals surface area contributed by atoms with Crippen molar-refractivity contribution >= 4 is 29.9 Å². The molecule has 0 aliphatic carbocycles. The van der Waals surface area contributed by atoms with Crippen LogP contribution in [0.3, 0.4) is 0 Å². The highest BCUT2D eigenvalue weighted by Gasteiger charge is 2.20. The molecular weight excluding hydrogens is 441 g/mol. The number of nitrogens with one attached hydrogen (secondary N) is 2. The third-order valence-electron chi connectivity index (χ3n) is 4.48. The molecule has 1 saturated heterocycles. The first-order valence-corrected chi connectivity index (χ1v) is 10.2. The zero-order valence-corrected chi connectivity index (χ0v) is 19.9. The number of guanidine groups is 1. The Morgan fingerprint density at radius 3 is 2.58 bits per heavy atom. The molecule has 26 heavy (non-hydrogen) atoms. The number of hydrogen-bond acceptors (Lipinski definition) is 4. The van der Waals surface area contributed by atoms with Gasteiger partial charge in [0.2, 0.25) is 0 Å². The number of rotatable bonds is 11. The topological polar surface area (TPSA) is 52.1 Å². The molecule has 1 fully saturated rings. The maximum atomic E-state index is 5.89. The van der Waals surface area contributed by atoms with Crippen molar-refractivity contribution in [3.63, 3.8) is 0 Å². The standard InChI is InChI=1S/C19H41N5O.HI/c1-6-20-19(21-10-9-11-23(7-2)8-3)22-14-18-16-24(12-13-25-18)15-17(4)5;/h17-18H,6-16H2,1-5H3,(H2,20,21,22);1H. The largest absolute Gasteiger partial charge is 0.374 e. The monoisotopic (exact) mass is 483 g/mol. The maximum absolute atomic E-state index is 5.89. The lowest BCUT2D eigenvalue weighted by Crippen LogP contribution is -2.46. The molecule has 1 aliphatic rings. The lowest BCUT2D eigenvalue weighted by atomic mass is 10.2. The summed E-state index contributed by atoms with van der Waals surface area (Å²) in [5.74, 6) is 1.61. The van der Waals surface area contributed by atoms with Gasteiger partial charge in [0.15, 0.2) is 5.96 Å². The number of ether oxygens (including phenoxy) is 1. The smallest absolute Gasteiger partial charge is 0.191 e. The van der Waals surface area contributed by atoms with Gasteiger partial charge in [0, 0.05) is 32.7 Å². The zero-order chi connectivity index (χ0) is 18.5. The van der Waals surface area contributed by atoms with Crippen molar-refractivity contribution in [1.29, 1.82) is 0 Å². The van der Waals surface area contributed by atoms with Gasteiger partial charge in [0.25, 0.3) is 0 Å². The molecule has 0 aromatic heterocycles. The van der Waals surface area contributed by atoms with Crippen LogP contribution in [0, 0.1) is 5.92 Å². The summed E-state index contributed by atoms with van der Waals surface area (Å²) < 4.78 is 5.89. The van der Waals surface area contributed by atoms with E-state index in [1.165, 1.54) is 0 Å². The van der Waals surface area contributed by atoms with Gasteiger partial charge in [-0.05, 0) is 38.9 Å². The fraction of sp³-hybridized carbons (Fsp3) is 0.947. The Balaban J connectivity index is 0.00000625. The summed E-state index contributed by atoms with van der Waals surface area (Å²) in [6, 6.07) is 0. The third-order valence-corrected chi connectivity index (χ3v) is 4.48. The van der Waals surface area contributed by atoms with Gasteiger partial charge in [0.1, 0.15) is 0 Å². The van der Waals surface area contributed by atoms with Crippen LogP contribution in [-0.4, -0.2) is 87.4 Å². The molecule has 2 N–H and O–H groups in total. The summed E-state index contributed by atoms with van der Waals surface area (Å²) in [6.45, 7) is 21.0. The van der Waals surface area contributed by atoms with Crippen molar-refractivity contribution < 1.29 is 4.74 Å². The van der Waals surface area contributed by atoms with E-state index in [9.17, 15) is 0 Å². The lowest BCUT2D eigenvalue weighted by Gasteiger charge is -2.33. The summed E-state index contributed by atoms with van der Waals surface area (Å²) >= 11 is 0. The van der Waals surface area contributed by atoms with E-state index >= 15 is 0 Å². The van der Waals surface area contributed by atoms with E-state index in [0.29, 0.717) is 5.92 Å². The third kappa shape index (κ3) is 11.6. The number of nitrogens with zero attached hydrogens (tertiary/aromatic N) is 3. The van der Waals surface area contributed by atoms with Gasteiger partial charge in [-0.1, -0.05) is 27.7 Å². The van der Waals surface area contributed by atoms with Gasteiger partial charge in [-0.25, -0.2) is 0 Å². The Labute approximate surface area is 178 Å². The van der Waals surface area contributed by atoms with E-state index in [1.807, 2.05) is 0 Å². The van der Waals surface area contributed by atoms with Crippen molar-refractivity contribution in [3.8, 4) is 0 Å². The second-order valence-electron chi connectivity index (χ2n) is 7.17. The fourth-order valence-electron chi connectivity index (χ4n) is 3.16. The summed E-state index contributed by atoms with van der Waals surface area (Å²) in [7, 11) is 0. The van der Waals surface area contributed by atoms with Gasteiger partial charge in [-0.2, -0.15) is 0 Å². The Bertz CT molecular complexity index is 364. The van der Waals surface area contributed by atoms with Crippen LogP contribution in [0.4, 0.5) is 0 Å². The van der Waals surface area contributed by atoms with Gasteiger partial charge in [-0.3, -0.25) is 9.89 Å². The molecule has 0 spiro atoms. The second-order valence-corrected chi connectivity index (χ2v) is 7.17. The van der Waals surface area contributed by atoms with Crippen LogP contribution in [0.2, 0.25) is 0 Å². The molecule has 1 heterocycles. The van der Waals surface area contributed by atoms with Crippen LogP contribution in [0.25, 0.3) is 0 Å². The van der Waals surface area contributed by atoms with Crippen molar-refractivity contribution in [2.45, 2.75) is 47.1 Å². The van der Waals surface area contributed by atoms with E-state index < -0.39 is 0 Å². The summed E-state index contributed by atoms with van der Waals surface area (Å²) in [6.07, 6.45) is 1.34. The first kappa shape index (κ1) is 25.9. The second kappa shape index (κ2) is 15.9. The van der Waals surface area contributed by atoms with Crippen molar-refractivity contribution in [1.82, 2.24) is 20.4 Å². The normalized spacial score (nSPS) is 18.9. The zero-order valence-electron chi connectivity index (χ0n) is 17.6. The molecule has 1 aliphatic heterocycles. The van der Waals surface area contributed by atoms with Gasteiger partial charge in [0.05, 0.1) is 19.3 Å². The Kier molecular flexibility index (Phi) is 15.8. The van der Waals surface area contributed by atoms with Crippen LogP contribution >= 0.6 is 24.0 Å². The number of aliphatic imine (C=N–C) groups is 1. The minimum atomic E-state index is 0. The van der Waals surface area contributed by atoms with E-state index in [1.54, 1.807) is 0 Å². The van der Waals surface area contributed by atoms with Crippen LogP contribution in [-0.2, 0) is 4.74 Å². The minimum Gasteiger partial charge on any atom is -0.374 e. The highest BCUT2D eigenvalue weighted by atomic mass is 127. The van der Waals surface area contributed by atoms with E-state index in [-0.39, 0.29) is 30.1 Å². The van der Waals surface area contributed by atoms with Crippen LogP contribution < -0.4 is 10.6 Å². The molecule has 0 radical (unpaired) electrons. The SMILES string of the molecule is CCNC(=NCC1CN(CC(C)C)CCO1)NCCCN(CC)CC.I. The summed E-state index contributed by atoms with van der Waals surface area (Å²) in [4.78, 5) is 9.68. The average molecular weight is 483 g/mol. The highest BCUT2D eigenvalue weighted by Crippen LogP contribution is 2.08.